The number of esters is 2. The van der Waals surface area contributed by atoms with Crippen LogP contribution in [0.3, 0.4) is 0 Å². The van der Waals surface area contributed by atoms with Gasteiger partial charge in [-0.2, -0.15) is 0 Å². The monoisotopic (exact) mass is 787 g/mol. The molecule has 0 radical (unpaired) electrons. The van der Waals surface area contributed by atoms with Gasteiger partial charge in [-0.3, -0.25) is 9.59 Å². The lowest BCUT2D eigenvalue weighted by molar-refractivity contribution is -0.150. The Bertz CT molecular complexity index is 861. The highest BCUT2D eigenvalue weighted by Crippen LogP contribution is 2.19. The second-order valence-electron chi connectivity index (χ2n) is 17.6. The molecule has 0 aromatic carbocycles. The molecule has 0 aromatic rings. The van der Waals surface area contributed by atoms with Gasteiger partial charge >= 0.3 is 11.9 Å². The highest BCUT2D eigenvalue weighted by molar-refractivity contribution is 5.69. The molecule has 0 fully saturated rings. The van der Waals surface area contributed by atoms with Gasteiger partial charge in [-0.15, -0.1) is 0 Å². The van der Waals surface area contributed by atoms with E-state index in [0.29, 0.717) is 19.4 Å². The SMILES string of the molecule is CCCCC/C=C/C/C=C/CCCCCCCC(=O)OC(CCCCCC)CCCCCCCCCCC(=O)OCCCCCCCCCCCCCC(C)C. The lowest BCUT2D eigenvalue weighted by Gasteiger charge is -2.18. The zero-order valence-corrected chi connectivity index (χ0v) is 38.4. The molecule has 0 N–H and O–H groups in total. The van der Waals surface area contributed by atoms with Crippen molar-refractivity contribution in [3.63, 3.8) is 0 Å². The minimum Gasteiger partial charge on any atom is -0.466 e. The first-order chi connectivity index (χ1) is 27.5. The van der Waals surface area contributed by atoms with E-state index in [4.69, 9.17) is 9.47 Å². The Morgan fingerprint density at radius 1 is 0.411 bits per heavy atom. The summed E-state index contributed by atoms with van der Waals surface area (Å²) in [4.78, 5) is 24.8. The minimum atomic E-state index is -0.00523. The number of allylic oxidation sites excluding steroid dienone is 4. The van der Waals surface area contributed by atoms with Gasteiger partial charge in [-0.1, -0.05) is 213 Å². The van der Waals surface area contributed by atoms with Gasteiger partial charge in [0, 0.05) is 12.8 Å². The summed E-state index contributed by atoms with van der Waals surface area (Å²) < 4.78 is 11.5. The third-order valence-corrected chi connectivity index (χ3v) is 11.4. The van der Waals surface area contributed by atoms with Crippen molar-refractivity contribution in [1.82, 2.24) is 0 Å². The van der Waals surface area contributed by atoms with Gasteiger partial charge in [-0.05, 0) is 83.0 Å². The molecule has 0 aliphatic carbocycles. The number of carbonyl (C=O) groups is 2. The summed E-state index contributed by atoms with van der Waals surface area (Å²) in [6, 6.07) is 0. The first kappa shape index (κ1) is 54.4. The number of carbonyl (C=O) groups excluding carboxylic acids is 2. The van der Waals surface area contributed by atoms with E-state index < -0.39 is 0 Å². The predicted molar refractivity (Wildman–Crippen MR) is 245 cm³/mol. The molecule has 0 saturated carbocycles. The van der Waals surface area contributed by atoms with Crippen molar-refractivity contribution in [3.8, 4) is 0 Å². The molecule has 1 unspecified atom stereocenters. The van der Waals surface area contributed by atoms with Gasteiger partial charge in [0.25, 0.3) is 0 Å². The number of rotatable bonds is 45. The van der Waals surface area contributed by atoms with Gasteiger partial charge < -0.3 is 9.47 Å². The van der Waals surface area contributed by atoms with Crippen LogP contribution in [0.1, 0.15) is 278 Å². The van der Waals surface area contributed by atoms with Crippen LogP contribution >= 0.6 is 0 Å². The molecule has 0 bridgehead atoms. The average molecular weight is 787 g/mol. The quantitative estimate of drug-likeness (QED) is 0.0350. The summed E-state index contributed by atoms with van der Waals surface area (Å²) in [5.74, 6) is 0.872. The number of hydrogen-bond donors (Lipinski definition) is 0. The summed E-state index contributed by atoms with van der Waals surface area (Å²) in [5, 5.41) is 0. The van der Waals surface area contributed by atoms with Crippen LogP contribution in [-0.4, -0.2) is 24.6 Å². The normalized spacial score (nSPS) is 12.4. The molecule has 1 atom stereocenters. The maximum atomic E-state index is 12.7. The van der Waals surface area contributed by atoms with Gasteiger partial charge in [0.05, 0.1) is 6.61 Å². The van der Waals surface area contributed by atoms with E-state index in [1.54, 1.807) is 0 Å². The van der Waals surface area contributed by atoms with E-state index in [0.717, 1.165) is 63.7 Å². The second kappa shape index (κ2) is 46.1. The Hall–Kier alpha value is -1.58. The number of ether oxygens (including phenoxy) is 2. The zero-order chi connectivity index (χ0) is 40.8. The fourth-order valence-electron chi connectivity index (χ4n) is 7.59. The van der Waals surface area contributed by atoms with E-state index in [2.05, 4.69) is 52.0 Å². The molecular formula is C52H98O4. The van der Waals surface area contributed by atoms with Gasteiger partial charge in [0.1, 0.15) is 6.10 Å². The van der Waals surface area contributed by atoms with E-state index in [1.807, 2.05) is 0 Å². The fourth-order valence-corrected chi connectivity index (χ4v) is 7.59. The summed E-state index contributed by atoms with van der Waals surface area (Å²) in [7, 11) is 0. The summed E-state index contributed by atoms with van der Waals surface area (Å²) in [6.07, 6.45) is 56.1. The Labute approximate surface area is 351 Å². The van der Waals surface area contributed by atoms with Crippen LogP contribution < -0.4 is 0 Å². The third kappa shape index (κ3) is 45.1. The fraction of sp³-hybridized carbons (Fsp3) is 0.885. The summed E-state index contributed by atoms with van der Waals surface area (Å²) >= 11 is 0. The Morgan fingerprint density at radius 2 is 0.786 bits per heavy atom. The lowest BCUT2D eigenvalue weighted by atomic mass is 10.0. The van der Waals surface area contributed by atoms with Crippen LogP contribution in [0.25, 0.3) is 0 Å². The number of unbranched alkanes of at least 4 members (excludes halogenated alkanes) is 28. The molecule has 0 rings (SSSR count). The van der Waals surface area contributed by atoms with Crippen LogP contribution in [0.5, 0.6) is 0 Å². The maximum absolute atomic E-state index is 12.7. The van der Waals surface area contributed by atoms with E-state index in [9.17, 15) is 9.59 Å². The largest absolute Gasteiger partial charge is 0.466 e. The smallest absolute Gasteiger partial charge is 0.306 e. The molecule has 4 heteroatoms. The van der Waals surface area contributed by atoms with Crippen molar-refractivity contribution in [1.29, 1.82) is 0 Å². The number of hydrogen-bond acceptors (Lipinski definition) is 4. The molecule has 0 aromatic heterocycles. The predicted octanol–water partition coefficient (Wildman–Crippen LogP) is 17.5. The first-order valence-electron chi connectivity index (χ1n) is 25.1. The van der Waals surface area contributed by atoms with Crippen molar-refractivity contribution < 1.29 is 19.1 Å². The minimum absolute atomic E-state index is 0.00523. The topological polar surface area (TPSA) is 52.6 Å². The summed E-state index contributed by atoms with van der Waals surface area (Å²) in [6.45, 7) is 9.75. The van der Waals surface area contributed by atoms with E-state index in [1.165, 1.54) is 180 Å². The van der Waals surface area contributed by atoms with Crippen LogP contribution in [0.4, 0.5) is 0 Å². The van der Waals surface area contributed by atoms with Crippen molar-refractivity contribution in [3.05, 3.63) is 24.3 Å². The van der Waals surface area contributed by atoms with Gasteiger partial charge in [0.2, 0.25) is 0 Å². The Balaban J connectivity index is 3.75. The van der Waals surface area contributed by atoms with E-state index in [-0.39, 0.29) is 18.0 Å². The van der Waals surface area contributed by atoms with Crippen LogP contribution in [0, 0.1) is 5.92 Å². The molecule has 330 valence electrons. The Morgan fingerprint density at radius 3 is 1.29 bits per heavy atom. The zero-order valence-electron chi connectivity index (χ0n) is 38.4. The lowest BCUT2D eigenvalue weighted by Crippen LogP contribution is -2.18. The van der Waals surface area contributed by atoms with Gasteiger partial charge in [0.15, 0.2) is 0 Å². The second-order valence-corrected chi connectivity index (χ2v) is 17.6. The Kier molecular flexibility index (Phi) is 44.8. The van der Waals surface area contributed by atoms with Crippen molar-refractivity contribution in [2.45, 2.75) is 284 Å². The first-order valence-corrected chi connectivity index (χ1v) is 25.1. The van der Waals surface area contributed by atoms with Crippen molar-refractivity contribution in [2.75, 3.05) is 6.61 Å². The molecule has 0 aliphatic rings. The highest BCUT2D eigenvalue weighted by Gasteiger charge is 2.14. The van der Waals surface area contributed by atoms with Gasteiger partial charge in [-0.25, -0.2) is 0 Å². The maximum Gasteiger partial charge on any atom is 0.306 e. The van der Waals surface area contributed by atoms with Crippen molar-refractivity contribution >= 4 is 11.9 Å². The van der Waals surface area contributed by atoms with Crippen molar-refractivity contribution in [2.24, 2.45) is 5.92 Å². The molecule has 0 aliphatic heterocycles. The molecule has 0 spiro atoms. The molecule has 56 heavy (non-hydrogen) atoms. The van der Waals surface area contributed by atoms with Crippen LogP contribution in [-0.2, 0) is 19.1 Å². The third-order valence-electron chi connectivity index (χ3n) is 11.4. The standard InChI is InChI=1S/C52H98O4/c1-5-7-9-11-12-13-14-15-16-17-20-23-30-35-41-47-52(54)56-50(44-38-10-8-6-2)45-39-33-28-24-25-29-34-40-46-51(53)55-48-42-36-31-26-21-18-19-22-27-32-37-43-49(3)4/h12-13,15-16,49-50H,5-11,14,17-48H2,1-4H3/b13-12+,16-15+. The highest BCUT2D eigenvalue weighted by atomic mass is 16.5. The van der Waals surface area contributed by atoms with Crippen LogP contribution in [0.2, 0.25) is 0 Å². The molecule has 4 nitrogen and oxygen atoms in total. The average Bonchev–Trinajstić information content (AvgIpc) is 3.18. The molecular weight excluding hydrogens is 689 g/mol. The molecule has 0 amide bonds. The molecule has 0 heterocycles. The molecule has 0 saturated heterocycles. The van der Waals surface area contributed by atoms with Crippen LogP contribution in [0.15, 0.2) is 24.3 Å². The van der Waals surface area contributed by atoms with E-state index >= 15 is 0 Å². The summed E-state index contributed by atoms with van der Waals surface area (Å²) in [5.41, 5.74) is 0.